The number of carbonyl (C=O) groups excluding carboxylic acids is 2. The predicted molar refractivity (Wildman–Crippen MR) is 154 cm³/mol. The summed E-state index contributed by atoms with van der Waals surface area (Å²) in [6, 6.07) is 22.7. The molecule has 1 aliphatic heterocycles. The molecule has 2 amide bonds. The summed E-state index contributed by atoms with van der Waals surface area (Å²) in [5.74, 6) is 0.309. The van der Waals surface area contributed by atoms with Gasteiger partial charge in [0.1, 0.15) is 12.6 Å². The van der Waals surface area contributed by atoms with E-state index in [0.717, 1.165) is 21.7 Å². The molecule has 10 heteroatoms. The summed E-state index contributed by atoms with van der Waals surface area (Å²) in [6.07, 6.45) is 1.31. The van der Waals surface area contributed by atoms with E-state index >= 15 is 0 Å². The van der Waals surface area contributed by atoms with E-state index in [1.165, 1.54) is 11.0 Å². The van der Waals surface area contributed by atoms with E-state index in [0.29, 0.717) is 18.0 Å². The number of rotatable bonds is 12. The van der Waals surface area contributed by atoms with Crippen LogP contribution in [0.15, 0.2) is 78.9 Å². The third-order valence-electron chi connectivity index (χ3n) is 6.47. The van der Waals surface area contributed by atoms with Crippen LogP contribution in [-0.4, -0.2) is 57.3 Å². The molecular weight excluding hydrogens is 530 g/mol. The Morgan fingerprint density at radius 3 is 2.15 bits per heavy atom. The molecule has 0 spiro atoms. The number of hydrogen-bond acceptors (Lipinski definition) is 6. The van der Waals surface area contributed by atoms with Crippen LogP contribution in [0.25, 0.3) is 0 Å². The molecule has 9 nitrogen and oxygen atoms in total. The average Bonchev–Trinajstić information content (AvgIpc) is 3.40. The van der Waals surface area contributed by atoms with Crippen LogP contribution in [0.2, 0.25) is 0 Å². The second kappa shape index (κ2) is 12.9. The monoisotopic (exact) mass is 565 g/mol. The first-order valence-corrected chi connectivity index (χ1v) is 15.0. The van der Waals surface area contributed by atoms with Gasteiger partial charge in [0.15, 0.2) is 11.5 Å². The van der Waals surface area contributed by atoms with Gasteiger partial charge in [0.25, 0.3) is 0 Å². The molecule has 0 bridgehead atoms. The van der Waals surface area contributed by atoms with Crippen molar-refractivity contribution in [3.05, 3.63) is 90.0 Å². The van der Waals surface area contributed by atoms with Crippen LogP contribution in [0, 0.1) is 5.92 Å². The van der Waals surface area contributed by atoms with Gasteiger partial charge in [0, 0.05) is 25.6 Å². The molecule has 3 aromatic rings. The van der Waals surface area contributed by atoms with Gasteiger partial charge in [-0.1, -0.05) is 74.5 Å². The van der Waals surface area contributed by atoms with E-state index in [9.17, 15) is 18.0 Å². The van der Waals surface area contributed by atoms with Crippen molar-refractivity contribution in [2.45, 2.75) is 32.9 Å². The molecule has 4 rings (SSSR count). The molecule has 1 atom stereocenters. The number of nitrogens with one attached hydrogen (secondary N) is 1. The molecule has 212 valence electrons. The van der Waals surface area contributed by atoms with E-state index in [1.54, 1.807) is 12.1 Å². The highest BCUT2D eigenvalue weighted by atomic mass is 32.2. The molecule has 40 heavy (non-hydrogen) atoms. The van der Waals surface area contributed by atoms with Crippen LogP contribution in [-0.2, 0) is 32.6 Å². The maximum Gasteiger partial charge on any atom is 0.244 e. The molecule has 0 aliphatic carbocycles. The number of ether oxygens (including phenoxy) is 2. The lowest BCUT2D eigenvalue weighted by atomic mass is 10.0. The number of nitrogens with zero attached hydrogens (tertiary/aromatic N) is 2. The summed E-state index contributed by atoms with van der Waals surface area (Å²) in [5, 5.41) is 2.97. The number of sulfonamides is 1. The van der Waals surface area contributed by atoms with Crippen molar-refractivity contribution < 1.29 is 27.5 Å². The van der Waals surface area contributed by atoms with Crippen LogP contribution < -0.4 is 19.1 Å². The summed E-state index contributed by atoms with van der Waals surface area (Å²) in [5.41, 5.74) is 1.97. The van der Waals surface area contributed by atoms with Crippen molar-refractivity contribution in [1.29, 1.82) is 0 Å². The summed E-state index contributed by atoms with van der Waals surface area (Å²) < 4.78 is 37.7. The summed E-state index contributed by atoms with van der Waals surface area (Å²) in [7, 11) is -3.87. The minimum atomic E-state index is -3.87. The predicted octanol–water partition coefficient (Wildman–Crippen LogP) is 3.59. The zero-order chi connectivity index (χ0) is 28.7. The SMILES string of the molecule is CC(C)CNC(=O)C(Cc1ccccc1)N(Cc1ccccc1)C(=O)CN(c1ccc2c(c1)OCO2)S(C)(=O)=O. The lowest BCUT2D eigenvalue weighted by Crippen LogP contribution is -2.53. The maximum atomic E-state index is 14.1. The highest BCUT2D eigenvalue weighted by molar-refractivity contribution is 7.92. The number of amides is 2. The van der Waals surface area contributed by atoms with Gasteiger partial charge in [-0.25, -0.2) is 8.42 Å². The van der Waals surface area contributed by atoms with Gasteiger partial charge in [0.2, 0.25) is 28.6 Å². The second-order valence-corrected chi connectivity index (χ2v) is 12.1. The number of hydrogen-bond donors (Lipinski definition) is 1. The molecule has 0 aromatic heterocycles. The number of carbonyl (C=O) groups is 2. The van der Waals surface area contributed by atoms with E-state index in [2.05, 4.69) is 5.32 Å². The highest BCUT2D eigenvalue weighted by Gasteiger charge is 2.33. The summed E-state index contributed by atoms with van der Waals surface area (Å²) in [4.78, 5) is 29.1. The number of benzene rings is 3. The largest absolute Gasteiger partial charge is 0.454 e. The van der Waals surface area contributed by atoms with Crippen molar-refractivity contribution in [2.75, 3.05) is 30.4 Å². The molecule has 3 aromatic carbocycles. The Hall–Kier alpha value is -4.05. The van der Waals surface area contributed by atoms with Crippen molar-refractivity contribution in [3.63, 3.8) is 0 Å². The first-order chi connectivity index (χ1) is 19.1. The third kappa shape index (κ3) is 7.53. The van der Waals surface area contributed by atoms with Gasteiger partial charge in [-0.15, -0.1) is 0 Å². The molecule has 0 fully saturated rings. The Kier molecular flexibility index (Phi) is 9.31. The lowest BCUT2D eigenvalue weighted by molar-refractivity contribution is -0.140. The van der Waals surface area contributed by atoms with E-state index in [1.807, 2.05) is 74.5 Å². The Balaban J connectivity index is 1.70. The minimum absolute atomic E-state index is 0.0358. The van der Waals surface area contributed by atoms with Gasteiger partial charge in [-0.3, -0.25) is 13.9 Å². The molecule has 0 radical (unpaired) electrons. The Morgan fingerprint density at radius 1 is 0.900 bits per heavy atom. The smallest absolute Gasteiger partial charge is 0.244 e. The molecule has 1 aliphatic rings. The van der Waals surface area contributed by atoms with Gasteiger partial charge in [0.05, 0.1) is 11.9 Å². The standard InChI is InChI=1S/C30H35N3O6S/c1-22(2)18-31-30(35)26(16-23-10-6-4-7-11-23)32(19-24-12-8-5-9-13-24)29(34)20-33(40(3,36)37)25-14-15-27-28(17-25)39-21-38-27/h4-15,17,22,26H,16,18-21H2,1-3H3,(H,31,35). The maximum absolute atomic E-state index is 14.1. The van der Waals surface area contributed by atoms with Crippen molar-refractivity contribution in [2.24, 2.45) is 5.92 Å². The van der Waals surface area contributed by atoms with Crippen LogP contribution in [0.5, 0.6) is 11.5 Å². The first-order valence-electron chi connectivity index (χ1n) is 13.1. The fraction of sp³-hybridized carbons (Fsp3) is 0.333. The van der Waals surface area contributed by atoms with E-state index in [4.69, 9.17) is 9.47 Å². The van der Waals surface area contributed by atoms with Crippen molar-refractivity contribution >= 4 is 27.5 Å². The van der Waals surface area contributed by atoms with E-state index < -0.39 is 28.5 Å². The molecule has 1 unspecified atom stereocenters. The Bertz CT molecular complexity index is 1410. The van der Waals surface area contributed by atoms with Crippen molar-refractivity contribution in [3.8, 4) is 11.5 Å². The summed E-state index contributed by atoms with van der Waals surface area (Å²) >= 11 is 0. The highest BCUT2D eigenvalue weighted by Crippen LogP contribution is 2.36. The molecular formula is C30H35N3O6S. The minimum Gasteiger partial charge on any atom is -0.454 e. The van der Waals surface area contributed by atoms with E-state index in [-0.39, 0.29) is 37.3 Å². The van der Waals surface area contributed by atoms with Crippen LogP contribution in [0.4, 0.5) is 5.69 Å². The molecule has 1 heterocycles. The fourth-order valence-electron chi connectivity index (χ4n) is 4.41. The van der Waals surface area contributed by atoms with Crippen molar-refractivity contribution in [1.82, 2.24) is 10.2 Å². The quantitative estimate of drug-likeness (QED) is 0.360. The Labute approximate surface area is 235 Å². The fourth-order valence-corrected chi connectivity index (χ4v) is 5.25. The zero-order valence-electron chi connectivity index (χ0n) is 22.9. The first kappa shape index (κ1) is 28.9. The van der Waals surface area contributed by atoms with Crippen LogP contribution in [0.3, 0.4) is 0 Å². The van der Waals surface area contributed by atoms with Gasteiger partial charge < -0.3 is 19.7 Å². The molecule has 0 saturated heterocycles. The van der Waals surface area contributed by atoms with Gasteiger partial charge >= 0.3 is 0 Å². The third-order valence-corrected chi connectivity index (χ3v) is 7.62. The topological polar surface area (TPSA) is 105 Å². The Morgan fingerprint density at radius 2 is 1.52 bits per heavy atom. The molecule has 0 saturated carbocycles. The van der Waals surface area contributed by atoms with Gasteiger partial charge in [-0.2, -0.15) is 0 Å². The normalized spacial score (nSPS) is 13.1. The molecule has 1 N–H and O–H groups in total. The average molecular weight is 566 g/mol. The number of anilines is 1. The van der Waals surface area contributed by atoms with Crippen LogP contribution in [0.1, 0.15) is 25.0 Å². The lowest BCUT2D eigenvalue weighted by Gasteiger charge is -2.33. The second-order valence-electron chi connectivity index (χ2n) is 10.2. The van der Waals surface area contributed by atoms with Crippen LogP contribution >= 0.6 is 0 Å². The summed E-state index contributed by atoms with van der Waals surface area (Å²) in [6.45, 7) is 4.11. The zero-order valence-corrected chi connectivity index (χ0v) is 23.8. The number of fused-ring (bicyclic) bond motifs is 1. The van der Waals surface area contributed by atoms with Gasteiger partial charge in [-0.05, 0) is 29.2 Å².